The third-order valence-corrected chi connectivity index (χ3v) is 3.14. The first-order valence-electron chi connectivity index (χ1n) is 7.53. The summed E-state index contributed by atoms with van der Waals surface area (Å²) < 4.78 is 19.1. The van der Waals surface area contributed by atoms with Gasteiger partial charge in [0.15, 0.2) is 11.6 Å². The Morgan fingerprint density at radius 3 is 2.50 bits per heavy atom. The van der Waals surface area contributed by atoms with E-state index in [0.717, 1.165) is 19.4 Å². The van der Waals surface area contributed by atoms with E-state index in [0.29, 0.717) is 17.9 Å². The van der Waals surface area contributed by atoms with Gasteiger partial charge in [-0.25, -0.2) is 4.39 Å². The fraction of sp³-hybridized carbons (Fsp3) is 0.647. The summed E-state index contributed by atoms with van der Waals surface area (Å²) in [5.74, 6) is 0.140. The molecule has 3 heteroatoms. The SMILES string of the molecule is Cc1cccc(OCCCCCCNC(C)(C)C)c1F. The molecule has 2 nitrogen and oxygen atoms in total. The fourth-order valence-electron chi connectivity index (χ4n) is 1.96. The van der Waals surface area contributed by atoms with Crippen LogP contribution >= 0.6 is 0 Å². The predicted octanol–water partition coefficient (Wildman–Crippen LogP) is 4.46. The Morgan fingerprint density at radius 1 is 1.10 bits per heavy atom. The molecule has 0 bridgehead atoms. The molecule has 1 rings (SSSR count). The molecule has 0 unspecified atom stereocenters. The van der Waals surface area contributed by atoms with Gasteiger partial charge in [-0.3, -0.25) is 0 Å². The van der Waals surface area contributed by atoms with Crippen LogP contribution in [0.15, 0.2) is 18.2 Å². The summed E-state index contributed by atoms with van der Waals surface area (Å²) in [7, 11) is 0. The Hall–Kier alpha value is -1.09. The Balaban J connectivity index is 2.07. The summed E-state index contributed by atoms with van der Waals surface area (Å²) in [6.45, 7) is 9.93. The first-order chi connectivity index (χ1) is 9.40. The molecule has 114 valence electrons. The van der Waals surface area contributed by atoms with E-state index in [4.69, 9.17) is 4.74 Å². The quantitative estimate of drug-likeness (QED) is 0.710. The highest BCUT2D eigenvalue weighted by Crippen LogP contribution is 2.19. The van der Waals surface area contributed by atoms with Gasteiger partial charge in [0.25, 0.3) is 0 Å². The van der Waals surface area contributed by atoms with E-state index >= 15 is 0 Å². The van der Waals surface area contributed by atoms with Gasteiger partial charge in [-0.05, 0) is 58.7 Å². The molecule has 0 heterocycles. The molecule has 1 N–H and O–H groups in total. The first-order valence-corrected chi connectivity index (χ1v) is 7.53. The minimum absolute atomic E-state index is 0.200. The van der Waals surface area contributed by atoms with Gasteiger partial charge in [0, 0.05) is 5.54 Å². The van der Waals surface area contributed by atoms with Crippen molar-refractivity contribution >= 4 is 0 Å². The highest BCUT2D eigenvalue weighted by Gasteiger charge is 2.07. The highest BCUT2D eigenvalue weighted by atomic mass is 19.1. The van der Waals surface area contributed by atoms with Crippen molar-refractivity contribution in [1.82, 2.24) is 5.32 Å². The number of nitrogens with one attached hydrogen (secondary N) is 1. The summed E-state index contributed by atoms with van der Waals surface area (Å²) in [5, 5.41) is 3.47. The normalized spacial score (nSPS) is 11.7. The number of benzene rings is 1. The lowest BCUT2D eigenvalue weighted by Crippen LogP contribution is -2.36. The molecule has 0 radical (unpaired) electrons. The Bertz CT molecular complexity index is 398. The zero-order valence-corrected chi connectivity index (χ0v) is 13.3. The van der Waals surface area contributed by atoms with Crippen molar-refractivity contribution in [1.29, 1.82) is 0 Å². The van der Waals surface area contributed by atoms with Crippen molar-refractivity contribution in [2.45, 2.75) is 58.9 Å². The lowest BCUT2D eigenvalue weighted by Gasteiger charge is -2.20. The molecule has 0 amide bonds. The molecular weight excluding hydrogens is 253 g/mol. The summed E-state index contributed by atoms with van der Waals surface area (Å²) in [6, 6.07) is 5.27. The summed E-state index contributed by atoms with van der Waals surface area (Å²) in [6.07, 6.45) is 4.46. The molecule has 0 atom stereocenters. The van der Waals surface area contributed by atoms with Crippen molar-refractivity contribution < 1.29 is 9.13 Å². The third kappa shape index (κ3) is 6.90. The van der Waals surface area contributed by atoms with Crippen LogP contribution in [0, 0.1) is 12.7 Å². The second-order valence-electron chi connectivity index (χ2n) is 6.33. The number of ether oxygens (including phenoxy) is 1. The fourth-order valence-corrected chi connectivity index (χ4v) is 1.96. The van der Waals surface area contributed by atoms with Gasteiger partial charge >= 0.3 is 0 Å². The second kappa shape index (κ2) is 8.25. The van der Waals surface area contributed by atoms with E-state index in [1.54, 1.807) is 19.1 Å². The van der Waals surface area contributed by atoms with Crippen LogP contribution in [0.4, 0.5) is 4.39 Å². The van der Waals surface area contributed by atoms with Gasteiger partial charge in [0.2, 0.25) is 0 Å². The zero-order chi connectivity index (χ0) is 15.0. The predicted molar refractivity (Wildman–Crippen MR) is 82.9 cm³/mol. The number of aryl methyl sites for hydroxylation is 1. The first kappa shape index (κ1) is 17.0. The minimum atomic E-state index is -0.234. The molecule has 20 heavy (non-hydrogen) atoms. The molecular formula is C17H28FNO. The second-order valence-corrected chi connectivity index (χ2v) is 6.33. The van der Waals surface area contributed by atoms with Crippen LogP contribution in [0.1, 0.15) is 52.0 Å². The van der Waals surface area contributed by atoms with Crippen LogP contribution in [-0.2, 0) is 0 Å². The monoisotopic (exact) mass is 281 g/mol. The smallest absolute Gasteiger partial charge is 0.167 e. The van der Waals surface area contributed by atoms with Crippen LogP contribution < -0.4 is 10.1 Å². The molecule has 0 spiro atoms. The molecule has 0 aliphatic heterocycles. The molecule has 0 saturated heterocycles. The summed E-state index contributed by atoms with van der Waals surface area (Å²) in [5.41, 5.74) is 0.835. The van der Waals surface area contributed by atoms with Crippen LogP contribution in [-0.4, -0.2) is 18.7 Å². The van der Waals surface area contributed by atoms with E-state index in [9.17, 15) is 4.39 Å². The number of halogens is 1. The highest BCUT2D eigenvalue weighted by molar-refractivity contribution is 5.29. The Labute approximate surface area is 122 Å². The molecule has 0 saturated carbocycles. The number of hydrogen-bond acceptors (Lipinski definition) is 2. The van der Waals surface area contributed by atoms with Crippen LogP contribution in [0.5, 0.6) is 5.75 Å². The maximum absolute atomic E-state index is 13.7. The lowest BCUT2D eigenvalue weighted by atomic mass is 10.1. The van der Waals surface area contributed by atoms with Gasteiger partial charge in [-0.2, -0.15) is 0 Å². The zero-order valence-electron chi connectivity index (χ0n) is 13.3. The molecule has 0 aromatic heterocycles. The number of rotatable bonds is 8. The van der Waals surface area contributed by atoms with E-state index in [2.05, 4.69) is 26.1 Å². The van der Waals surface area contributed by atoms with Crippen molar-refractivity contribution in [3.8, 4) is 5.75 Å². The van der Waals surface area contributed by atoms with Gasteiger partial charge < -0.3 is 10.1 Å². The van der Waals surface area contributed by atoms with Crippen molar-refractivity contribution in [2.24, 2.45) is 0 Å². The molecule has 0 aliphatic carbocycles. The Morgan fingerprint density at radius 2 is 1.80 bits per heavy atom. The van der Waals surface area contributed by atoms with Crippen molar-refractivity contribution in [3.63, 3.8) is 0 Å². The van der Waals surface area contributed by atoms with Gasteiger partial charge in [-0.1, -0.05) is 25.0 Å². The van der Waals surface area contributed by atoms with Crippen molar-refractivity contribution in [2.75, 3.05) is 13.2 Å². The topological polar surface area (TPSA) is 21.3 Å². The van der Waals surface area contributed by atoms with E-state index in [1.807, 2.05) is 6.07 Å². The molecule has 0 aliphatic rings. The number of hydrogen-bond donors (Lipinski definition) is 1. The third-order valence-electron chi connectivity index (χ3n) is 3.14. The average Bonchev–Trinajstić information content (AvgIpc) is 2.36. The largest absolute Gasteiger partial charge is 0.491 e. The summed E-state index contributed by atoms with van der Waals surface area (Å²) >= 11 is 0. The maximum Gasteiger partial charge on any atom is 0.167 e. The van der Waals surface area contributed by atoms with Gasteiger partial charge in [-0.15, -0.1) is 0 Å². The standard InChI is InChI=1S/C17H28FNO/c1-14-10-9-11-15(16(14)18)20-13-8-6-5-7-12-19-17(2,3)4/h9-11,19H,5-8,12-13H2,1-4H3. The summed E-state index contributed by atoms with van der Waals surface area (Å²) in [4.78, 5) is 0. The van der Waals surface area contributed by atoms with E-state index < -0.39 is 0 Å². The van der Waals surface area contributed by atoms with E-state index in [1.165, 1.54) is 12.8 Å². The molecule has 1 aromatic carbocycles. The van der Waals surface area contributed by atoms with Gasteiger partial charge in [0.05, 0.1) is 6.61 Å². The van der Waals surface area contributed by atoms with Crippen LogP contribution in [0.2, 0.25) is 0 Å². The average molecular weight is 281 g/mol. The van der Waals surface area contributed by atoms with Crippen LogP contribution in [0.3, 0.4) is 0 Å². The molecule has 0 fully saturated rings. The Kier molecular flexibility index (Phi) is 7.00. The minimum Gasteiger partial charge on any atom is -0.491 e. The molecule has 1 aromatic rings. The number of unbranched alkanes of at least 4 members (excludes halogenated alkanes) is 3. The van der Waals surface area contributed by atoms with Crippen molar-refractivity contribution in [3.05, 3.63) is 29.6 Å². The van der Waals surface area contributed by atoms with Gasteiger partial charge in [0.1, 0.15) is 0 Å². The van der Waals surface area contributed by atoms with Crippen LogP contribution in [0.25, 0.3) is 0 Å². The lowest BCUT2D eigenvalue weighted by molar-refractivity contribution is 0.289. The van der Waals surface area contributed by atoms with E-state index in [-0.39, 0.29) is 11.4 Å². The maximum atomic E-state index is 13.7.